The lowest BCUT2D eigenvalue weighted by Crippen LogP contribution is -2.44. The van der Waals surface area contributed by atoms with Crippen molar-refractivity contribution in [3.8, 4) is 0 Å². The van der Waals surface area contributed by atoms with Gasteiger partial charge in [0.25, 0.3) is 0 Å². The molecule has 0 saturated heterocycles. The van der Waals surface area contributed by atoms with Crippen molar-refractivity contribution >= 4 is 27.3 Å². The van der Waals surface area contributed by atoms with Gasteiger partial charge >= 0.3 is 0 Å². The molecule has 0 amide bonds. The van der Waals surface area contributed by atoms with Crippen LogP contribution in [0.15, 0.2) is 16.6 Å². The molecule has 0 fully saturated rings. The second kappa shape index (κ2) is 5.23. The first kappa shape index (κ1) is 14.3. The number of benzene rings is 1. The van der Waals surface area contributed by atoms with Gasteiger partial charge in [0.2, 0.25) is 0 Å². The minimum atomic E-state index is -0.347. The Bertz CT molecular complexity index is 405. The number of anilines is 2. The normalized spacial score (nSPS) is 11.9. The molecule has 0 saturated carbocycles. The minimum absolute atomic E-state index is 0.00664. The number of nitrogens with one attached hydrogen (secondary N) is 1. The van der Waals surface area contributed by atoms with E-state index in [2.05, 4.69) is 40.0 Å². The monoisotopic (exact) mass is 303 g/mol. The van der Waals surface area contributed by atoms with Gasteiger partial charge in [0.05, 0.1) is 15.8 Å². The molecule has 0 heterocycles. The molecule has 1 rings (SSSR count). The van der Waals surface area contributed by atoms with E-state index in [0.29, 0.717) is 10.2 Å². The molecule has 0 unspecified atom stereocenters. The third kappa shape index (κ3) is 3.57. The summed E-state index contributed by atoms with van der Waals surface area (Å²) in [5.74, 6) is -0.347. The zero-order valence-corrected chi connectivity index (χ0v) is 12.2. The van der Waals surface area contributed by atoms with Gasteiger partial charge in [0, 0.05) is 18.2 Å². The van der Waals surface area contributed by atoms with Crippen LogP contribution in [-0.4, -0.2) is 31.1 Å². The topological polar surface area (TPSA) is 41.3 Å². The number of halogens is 2. The first-order valence-electron chi connectivity index (χ1n) is 5.40. The Morgan fingerprint density at radius 3 is 2.53 bits per heavy atom. The van der Waals surface area contributed by atoms with Crippen LogP contribution in [0.1, 0.15) is 13.8 Å². The number of nitrogens with two attached hydrogens (primary N) is 1. The molecule has 1 aromatic rings. The average molecular weight is 304 g/mol. The summed E-state index contributed by atoms with van der Waals surface area (Å²) in [5, 5.41) is 3.24. The maximum atomic E-state index is 13.2. The Hall–Kier alpha value is -0.810. The van der Waals surface area contributed by atoms with Crippen molar-refractivity contribution in [2.45, 2.75) is 19.4 Å². The molecule has 0 spiro atoms. The average Bonchev–Trinajstić information content (AvgIpc) is 2.21. The van der Waals surface area contributed by atoms with Gasteiger partial charge in [-0.1, -0.05) is 0 Å². The van der Waals surface area contributed by atoms with E-state index < -0.39 is 0 Å². The molecule has 96 valence electrons. The molecule has 3 nitrogen and oxygen atoms in total. The molecule has 0 bridgehead atoms. The number of nitrogens with zero attached hydrogens (tertiary/aromatic N) is 1. The Morgan fingerprint density at radius 2 is 2.00 bits per heavy atom. The molecule has 0 aliphatic heterocycles. The lowest BCUT2D eigenvalue weighted by atomic mass is 10.0. The second-order valence-corrected chi connectivity index (χ2v) is 5.77. The molecule has 0 aliphatic carbocycles. The van der Waals surface area contributed by atoms with Crippen LogP contribution in [0.3, 0.4) is 0 Å². The molecule has 1 aromatic carbocycles. The molecule has 0 atom stereocenters. The van der Waals surface area contributed by atoms with E-state index in [1.54, 1.807) is 6.07 Å². The van der Waals surface area contributed by atoms with Crippen molar-refractivity contribution in [2.24, 2.45) is 0 Å². The van der Waals surface area contributed by atoms with Crippen LogP contribution in [0, 0.1) is 5.82 Å². The van der Waals surface area contributed by atoms with Crippen LogP contribution in [0.2, 0.25) is 0 Å². The fourth-order valence-corrected chi connectivity index (χ4v) is 1.53. The van der Waals surface area contributed by atoms with Crippen LogP contribution < -0.4 is 11.1 Å². The third-order valence-electron chi connectivity index (χ3n) is 3.01. The van der Waals surface area contributed by atoms with Crippen LogP contribution in [-0.2, 0) is 0 Å². The van der Waals surface area contributed by atoms with E-state index in [0.717, 1.165) is 12.2 Å². The fourth-order valence-electron chi connectivity index (χ4n) is 1.18. The Kier molecular flexibility index (Phi) is 4.38. The van der Waals surface area contributed by atoms with Crippen molar-refractivity contribution in [1.82, 2.24) is 4.90 Å². The number of rotatable bonds is 4. The quantitative estimate of drug-likeness (QED) is 0.840. The van der Waals surface area contributed by atoms with E-state index in [1.807, 2.05) is 14.1 Å². The number of likely N-dealkylation sites (N-methyl/N-ethyl adjacent to an activating group) is 1. The van der Waals surface area contributed by atoms with Gasteiger partial charge in [-0.25, -0.2) is 4.39 Å². The zero-order chi connectivity index (χ0) is 13.2. The lowest BCUT2D eigenvalue weighted by molar-refractivity contribution is 0.210. The molecule has 0 radical (unpaired) electrons. The van der Waals surface area contributed by atoms with Gasteiger partial charge in [0.1, 0.15) is 5.82 Å². The summed E-state index contributed by atoms with van der Waals surface area (Å²) in [7, 11) is 4.04. The van der Waals surface area contributed by atoms with Gasteiger partial charge in [0.15, 0.2) is 0 Å². The van der Waals surface area contributed by atoms with Crippen LogP contribution >= 0.6 is 15.9 Å². The molecule has 17 heavy (non-hydrogen) atoms. The van der Waals surface area contributed by atoms with Crippen molar-refractivity contribution in [3.63, 3.8) is 0 Å². The summed E-state index contributed by atoms with van der Waals surface area (Å²) in [6, 6.07) is 2.98. The summed E-state index contributed by atoms with van der Waals surface area (Å²) >= 11 is 3.15. The molecule has 5 heteroatoms. The van der Waals surface area contributed by atoms with Crippen LogP contribution in [0.5, 0.6) is 0 Å². The molecular formula is C12H19BrFN3. The van der Waals surface area contributed by atoms with Crippen molar-refractivity contribution < 1.29 is 4.39 Å². The Morgan fingerprint density at radius 1 is 1.41 bits per heavy atom. The van der Waals surface area contributed by atoms with E-state index in [4.69, 9.17) is 5.73 Å². The summed E-state index contributed by atoms with van der Waals surface area (Å²) in [6.45, 7) is 4.96. The predicted molar refractivity (Wildman–Crippen MR) is 74.8 cm³/mol. The summed E-state index contributed by atoms with van der Waals surface area (Å²) in [5.41, 5.74) is 6.91. The summed E-state index contributed by atoms with van der Waals surface area (Å²) in [4.78, 5) is 2.12. The predicted octanol–water partition coefficient (Wildman–Crippen LogP) is 2.92. The standard InChI is InChI=1S/C12H19BrFN3/c1-12(2,17(3)4)7-16-11-5-8(13)9(14)6-10(11)15/h5-6,16H,7,15H2,1-4H3. The largest absolute Gasteiger partial charge is 0.397 e. The van der Waals surface area contributed by atoms with Gasteiger partial charge < -0.3 is 16.0 Å². The SMILES string of the molecule is CN(C)C(C)(C)CNc1cc(Br)c(F)cc1N. The maximum Gasteiger partial charge on any atom is 0.139 e. The van der Waals surface area contributed by atoms with Crippen molar-refractivity contribution in [3.05, 3.63) is 22.4 Å². The van der Waals surface area contributed by atoms with Gasteiger partial charge in [-0.15, -0.1) is 0 Å². The third-order valence-corrected chi connectivity index (χ3v) is 3.62. The second-order valence-electron chi connectivity index (χ2n) is 4.91. The highest BCUT2D eigenvalue weighted by molar-refractivity contribution is 9.10. The highest BCUT2D eigenvalue weighted by Gasteiger charge is 2.20. The first-order valence-corrected chi connectivity index (χ1v) is 6.19. The van der Waals surface area contributed by atoms with Crippen molar-refractivity contribution in [1.29, 1.82) is 0 Å². The lowest BCUT2D eigenvalue weighted by Gasteiger charge is -2.33. The number of nitrogen functional groups attached to an aromatic ring is 1. The Labute approximate surface area is 110 Å². The van der Waals surface area contributed by atoms with Gasteiger partial charge in [-0.2, -0.15) is 0 Å². The van der Waals surface area contributed by atoms with E-state index >= 15 is 0 Å². The fraction of sp³-hybridized carbons (Fsp3) is 0.500. The maximum absolute atomic E-state index is 13.2. The molecule has 0 aliphatic rings. The first-order chi connectivity index (χ1) is 7.74. The van der Waals surface area contributed by atoms with Gasteiger partial charge in [-0.05, 0) is 49.9 Å². The number of hydrogen-bond donors (Lipinski definition) is 2. The van der Waals surface area contributed by atoms with E-state index in [1.165, 1.54) is 6.07 Å². The van der Waals surface area contributed by atoms with Crippen LogP contribution in [0.25, 0.3) is 0 Å². The van der Waals surface area contributed by atoms with Crippen molar-refractivity contribution in [2.75, 3.05) is 31.7 Å². The Balaban J connectivity index is 2.80. The molecular weight excluding hydrogens is 285 g/mol. The summed E-state index contributed by atoms with van der Waals surface area (Å²) < 4.78 is 13.6. The summed E-state index contributed by atoms with van der Waals surface area (Å²) in [6.07, 6.45) is 0. The zero-order valence-electron chi connectivity index (χ0n) is 10.6. The molecule has 3 N–H and O–H groups in total. The highest BCUT2D eigenvalue weighted by Crippen LogP contribution is 2.27. The smallest absolute Gasteiger partial charge is 0.139 e. The van der Waals surface area contributed by atoms with Gasteiger partial charge in [-0.3, -0.25) is 0 Å². The van der Waals surface area contributed by atoms with E-state index in [9.17, 15) is 4.39 Å². The highest BCUT2D eigenvalue weighted by atomic mass is 79.9. The minimum Gasteiger partial charge on any atom is -0.397 e. The molecule has 0 aromatic heterocycles. The van der Waals surface area contributed by atoms with E-state index in [-0.39, 0.29) is 11.4 Å². The number of hydrogen-bond acceptors (Lipinski definition) is 3. The van der Waals surface area contributed by atoms with Crippen LogP contribution in [0.4, 0.5) is 15.8 Å².